The number of halogens is 1. The molecule has 1 aliphatic rings. The van der Waals surface area contributed by atoms with Crippen LogP contribution in [0, 0.1) is 0 Å². The lowest BCUT2D eigenvalue weighted by atomic mass is 9.88. The van der Waals surface area contributed by atoms with Crippen molar-refractivity contribution >= 4 is 27.7 Å². The standard InChI is InChI=1S/C17H16BrN7O2/c1-17(2)12-13(18)21-14(22-15(12)23-16(17)26)10-4-11(27-3)25(24-10)7-9-5-19-8-20-6-9/h4-6,8H,7H2,1-3H3,(H,21,22,23,26). The Balaban J connectivity index is 1.74. The number of methoxy groups -OCH3 is 1. The highest BCUT2D eigenvalue weighted by Gasteiger charge is 2.42. The molecule has 9 nitrogen and oxygen atoms in total. The quantitative estimate of drug-likeness (QED) is 0.632. The van der Waals surface area contributed by atoms with E-state index in [0.29, 0.717) is 34.4 Å². The molecule has 0 aliphatic carbocycles. The second kappa shape index (κ2) is 6.38. The smallest absolute Gasteiger partial charge is 0.235 e. The molecule has 10 heteroatoms. The van der Waals surface area contributed by atoms with Crippen LogP contribution in [0.15, 0.2) is 29.4 Å². The molecular weight excluding hydrogens is 414 g/mol. The lowest BCUT2D eigenvalue weighted by Crippen LogP contribution is -2.27. The molecule has 0 spiro atoms. The number of amides is 1. The third-order valence-electron chi connectivity index (χ3n) is 4.42. The van der Waals surface area contributed by atoms with Gasteiger partial charge in [0.05, 0.1) is 19.1 Å². The summed E-state index contributed by atoms with van der Waals surface area (Å²) in [6, 6.07) is 1.75. The molecule has 3 aromatic heterocycles. The minimum absolute atomic E-state index is 0.114. The SMILES string of the molecule is COc1cc(-c2nc(Br)c3c(n2)NC(=O)C3(C)C)nn1Cc1cncnc1. The van der Waals surface area contributed by atoms with Crippen LogP contribution in [0.4, 0.5) is 5.82 Å². The summed E-state index contributed by atoms with van der Waals surface area (Å²) in [4.78, 5) is 29.2. The van der Waals surface area contributed by atoms with Gasteiger partial charge in [-0.05, 0) is 29.8 Å². The third-order valence-corrected chi connectivity index (χ3v) is 4.99. The van der Waals surface area contributed by atoms with Crippen LogP contribution in [0.1, 0.15) is 25.0 Å². The van der Waals surface area contributed by atoms with Crippen LogP contribution >= 0.6 is 15.9 Å². The monoisotopic (exact) mass is 429 g/mol. The molecule has 1 amide bonds. The Labute approximate surface area is 163 Å². The number of rotatable bonds is 4. The summed E-state index contributed by atoms with van der Waals surface area (Å²) in [5.74, 6) is 1.32. The van der Waals surface area contributed by atoms with Gasteiger partial charge in [0.2, 0.25) is 11.8 Å². The fraction of sp³-hybridized carbons (Fsp3) is 0.294. The van der Waals surface area contributed by atoms with Crippen LogP contribution in [0.5, 0.6) is 5.88 Å². The molecule has 0 fully saturated rings. The maximum Gasteiger partial charge on any atom is 0.235 e. The molecule has 1 N–H and O–H groups in total. The van der Waals surface area contributed by atoms with E-state index < -0.39 is 5.41 Å². The molecule has 4 heterocycles. The summed E-state index contributed by atoms with van der Waals surface area (Å²) in [5, 5.41) is 7.36. The molecule has 4 rings (SSSR count). The van der Waals surface area contributed by atoms with E-state index in [-0.39, 0.29) is 5.91 Å². The van der Waals surface area contributed by atoms with Crippen LogP contribution in [-0.2, 0) is 16.8 Å². The van der Waals surface area contributed by atoms with E-state index in [2.05, 4.69) is 46.3 Å². The van der Waals surface area contributed by atoms with Gasteiger partial charge in [-0.15, -0.1) is 0 Å². The van der Waals surface area contributed by atoms with E-state index >= 15 is 0 Å². The lowest BCUT2D eigenvalue weighted by Gasteiger charge is -2.15. The molecule has 0 atom stereocenters. The summed E-state index contributed by atoms with van der Waals surface area (Å²) in [5.41, 5.74) is 1.46. The number of nitrogens with one attached hydrogen (secondary N) is 1. The number of carbonyl (C=O) groups is 1. The first-order valence-electron chi connectivity index (χ1n) is 8.15. The molecule has 0 unspecified atom stereocenters. The van der Waals surface area contributed by atoms with E-state index in [4.69, 9.17) is 4.74 Å². The van der Waals surface area contributed by atoms with Gasteiger partial charge in [0.15, 0.2) is 5.82 Å². The third kappa shape index (κ3) is 2.95. The molecular formula is C17H16BrN7O2. The summed E-state index contributed by atoms with van der Waals surface area (Å²) < 4.78 is 7.66. The van der Waals surface area contributed by atoms with Crippen molar-refractivity contribution in [3.63, 3.8) is 0 Å². The van der Waals surface area contributed by atoms with Gasteiger partial charge in [0.1, 0.15) is 22.4 Å². The van der Waals surface area contributed by atoms with Crippen molar-refractivity contribution < 1.29 is 9.53 Å². The van der Waals surface area contributed by atoms with Gasteiger partial charge < -0.3 is 10.1 Å². The van der Waals surface area contributed by atoms with E-state index in [1.807, 2.05) is 13.8 Å². The van der Waals surface area contributed by atoms with Gasteiger partial charge in [0, 0.05) is 29.6 Å². The molecule has 1 aliphatic heterocycles. The van der Waals surface area contributed by atoms with Gasteiger partial charge in [-0.3, -0.25) is 4.79 Å². The minimum atomic E-state index is -0.697. The van der Waals surface area contributed by atoms with Crippen molar-refractivity contribution in [2.24, 2.45) is 0 Å². The van der Waals surface area contributed by atoms with Crippen molar-refractivity contribution in [2.45, 2.75) is 25.8 Å². The number of ether oxygens (including phenoxy) is 1. The normalized spacial score (nSPS) is 14.7. The highest BCUT2D eigenvalue weighted by molar-refractivity contribution is 9.10. The van der Waals surface area contributed by atoms with E-state index in [1.165, 1.54) is 6.33 Å². The number of hydrogen-bond acceptors (Lipinski definition) is 7. The first-order chi connectivity index (χ1) is 12.9. The van der Waals surface area contributed by atoms with Crippen LogP contribution in [-0.4, -0.2) is 42.7 Å². The maximum atomic E-state index is 12.2. The van der Waals surface area contributed by atoms with Crippen molar-refractivity contribution in [3.8, 4) is 17.4 Å². The fourth-order valence-corrected chi connectivity index (χ4v) is 3.79. The molecule has 3 aromatic rings. The predicted molar refractivity (Wildman–Crippen MR) is 100 cm³/mol. The maximum absolute atomic E-state index is 12.2. The number of carbonyl (C=O) groups excluding carboxylic acids is 1. The molecule has 0 bridgehead atoms. The summed E-state index contributed by atoms with van der Waals surface area (Å²) in [6.45, 7) is 4.11. The molecule has 138 valence electrons. The number of hydrogen-bond donors (Lipinski definition) is 1. The van der Waals surface area contributed by atoms with Crippen LogP contribution in [0.3, 0.4) is 0 Å². The van der Waals surface area contributed by atoms with Crippen molar-refractivity contribution in [3.05, 3.63) is 40.5 Å². The highest BCUT2D eigenvalue weighted by Crippen LogP contribution is 2.41. The van der Waals surface area contributed by atoms with Gasteiger partial charge in [-0.1, -0.05) is 0 Å². The molecule has 0 saturated heterocycles. The molecule has 0 saturated carbocycles. The minimum Gasteiger partial charge on any atom is -0.481 e. The first kappa shape index (κ1) is 17.5. The summed E-state index contributed by atoms with van der Waals surface area (Å²) >= 11 is 3.47. The Hall–Kier alpha value is -2.88. The second-order valence-corrected chi connectivity index (χ2v) is 7.37. The number of anilines is 1. The second-order valence-electron chi connectivity index (χ2n) is 6.62. The van der Waals surface area contributed by atoms with Gasteiger partial charge in [0.25, 0.3) is 0 Å². The predicted octanol–water partition coefficient (Wildman–Crippen LogP) is 2.18. The Morgan fingerprint density at radius 2 is 2.00 bits per heavy atom. The fourth-order valence-electron chi connectivity index (χ4n) is 2.94. The largest absolute Gasteiger partial charge is 0.481 e. The van der Waals surface area contributed by atoms with Crippen molar-refractivity contribution in [1.82, 2.24) is 29.7 Å². The number of nitrogens with zero attached hydrogens (tertiary/aromatic N) is 6. The average Bonchev–Trinajstić information content (AvgIpc) is 3.14. The van der Waals surface area contributed by atoms with Crippen LogP contribution in [0.25, 0.3) is 11.5 Å². The average molecular weight is 430 g/mol. The summed E-state index contributed by atoms with van der Waals surface area (Å²) in [7, 11) is 1.57. The summed E-state index contributed by atoms with van der Waals surface area (Å²) in [6.07, 6.45) is 4.91. The Bertz CT molecular complexity index is 1030. The number of aromatic nitrogens is 6. The highest BCUT2D eigenvalue weighted by atomic mass is 79.9. The van der Waals surface area contributed by atoms with Crippen molar-refractivity contribution in [1.29, 1.82) is 0 Å². The number of fused-ring (bicyclic) bond motifs is 1. The van der Waals surface area contributed by atoms with E-state index in [0.717, 1.165) is 11.1 Å². The van der Waals surface area contributed by atoms with E-state index in [1.54, 1.807) is 30.3 Å². The zero-order valence-electron chi connectivity index (χ0n) is 14.9. The van der Waals surface area contributed by atoms with E-state index in [9.17, 15) is 4.79 Å². The Morgan fingerprint density at radius 3 is 2.70 bits per heavy atom. The van der Waals surface area contributed by atoms with Gasteiger partial charge >= 0.3 is 0 Å². The zero-order chi connectivity index (χ0) is 19.2. The van der Waals surface area contributed by atoms with Crippen LogP contribution in [0.2, 0.25) is 0 Å². The molecule has 0 aromatic carbocycles. The van der Waals surface area contributed by atoms with Gasteiger partial charge in [-0.25, -0.2) is 24.6 Å². The lowest BCUT2D eigenvalue weighted by molar-refractivity contribution is -0.119. The first-order valence-corrected chi connectivity index (χ1v) is 8.95. The topological polar surface area (TPSA) is 108 Å². The van der Waals surface area contributed by atoms with Crippen molar-refractivity contribution in [2.75, 3.05) is 12.4 Å². The Kier molecular flexibility index (Phi) is 4.14. The zero-order valence-corrected chi connectivity index (χ0v) is 16.5. The molecule has 0 radical (unpaired) electrons. The van der Waals surface area contributed by atoms with Crippen LogP contribution < -0.4 is 10.1 Å². The Morgan fingerprint density at radius 1 is 1.26 bits per heavy atom. The van der Waals surface area contributed by atoms with Gasteiger partial charge in [-0.2, -0.15) is 5.10 Å². The molecule has 27 heavy (non-hydrogen) atoms.